The van der Waals surface area contributed by atoms with Crippen molar-refractivity contribution in [2.75, 3.05) is 6.54 Å². The van der Waals surface area contributed by atoms with Crippen molar-refractivity contribution in [3.63, 3.8) is 0 Å². The Morgan fingerprint density at radius 1 is 0.425 bits per heavy atom. The number of amides is 2. The van der Waals surface area contributed by atoms with E-state index in [2.05, 4.69) is 93.7 Å². The maximum atomic E-state index is 15.2. The first-order chi connectivity index (χ1) is 33.4. The molecule has 0 atom stereocenters. The lowest BCUT2D eigenvalue weighted by molar-refractivity contribution is -0.246. The van der Waals surface area contributed by atoms with Crippen LogP contribution in [0.1, 0.15) is 171 Å². The molecule has 0 aromatic heterocycles. The lowest BCUT2D eigenvalue weighted by atomic mass is 9.79. The lowest BCUT2D eigenvalue weighted by Gasteiger charge is -2.51. The van der Waals surface area contributed by atoms with Crippen LogP contribution in [0.5, 0.6) is 0 Å². The van der Waals surface area contributed by atoms with Gasteiger partial charge in [-0.1, -0.05) is 0 Å². The number of carbonyl (C=O) groups excluding carboxylic acids is 2. The van der Waals surface area contributed by atoms with Crippen LogP contribution in [0.4, 0.5) is 0 Å². The van der Waals surface area contributed by atoms with Gasteiger partial charge in [0.25, 0.3) is 5.91 Å². The molecule has 393 valence electrons. The number of rotatable bonds is 9. The summed E-state index contributed by atoms with van der Waals surface area (Å²) in [7, 11) is 0. The molecule has 0 unspecified atom stereocenters. The number of fused-ring (bicyclic) bond motifs is 6. The van der Waals surface area contributed by atoms with E-state index in [4.69, 9.17) is 0 Å². The van der Waals surface area contributed by atoms with Gasteiger partial charge in [-0.2, -0.15) is 5.06 Å². The van der Waals surface area contributed by atoms with Gasteiger partial charge in [0.1, 0.15) is 0 Å². The van der Waals surface area contributed by atoms with Gasteiger partial charge < -0.3 is 26.1 Å². The number of nitrogens with one attached hydrogen (secondary N) is 2. The Hall–Kier alpha value is -0.340. The second-order valence-electron chi connectivity index (χ2n) is 23.1. The molecule has 1 saturated heterocycles. The molecule has 0 spiro atoms. The number of nitrogens with zero attached hydrogens (tertiary/aromatic N) is 1. The summed E-state index contributed by atoms with van der Waals surface area (Å²) >= 11 is 20.0. The molecule has 22 heteroatoms. The van der Waals surface area contributed by atoms with Crippen molar-refractivity contribution in [1.29, 1.82) is 0 Å². The predicted molar refractivity (Wildman–Crippen MR) is 314 cm³/mol. The summed E-state index contributed by atoms with van der Waals surface area (Å²) < 4.78 is -2.51. The van der Waals surface area contributed by atoms with Crippen molar-refractivity contribution >= 4 is 165 Å². The Morgan fingerprint density at radius 3 is 0.904 bits per heavy atom. The third-order valence-corrected chi connectivity index (χ3v) is 30.0. The third kappa shape index (κ3) is 9.98. The van der Waals surface area contributed by atoms with Crippen LogP contribution < -0.4 is 10.6 Å². The molecule has 7 aliphatic rings. The van der Waals surface area contributed by atoms with Gasteiger partial charge >= 0.3 is 11.9 Å². The summed E-state index contributed by atoms with van der Waals surface area (Å²) in [6.07, 6.45) is 1.09. The molecule has 7 aliphatic heterocycles. The van der Waals surface area contributed by atoms with Gasteiger partial charge in [-0.15, -0.1) is 141 Å². The van der Waals surface area contributed by atoms with Gasteiger partial charge in [-0.25, -0.2) is 9.59 Å². The normalized spacial score (nSPS) is 23.6. The van der Waals surface area contributed by atoms with E-state index in [9.17, 15) is 29.8 Å². The highest BCUT2D eigenvalue weighted by molar-refractivity contribution is 8.23. The SMILES string of the molecule is CC1(C)Sc2c(c(C(=O)O)c3c(c2[C](c2c4c(c(C(=O)O)c5c2SC(C)(C)S5)SC(C)(C)S4)c2c4c(c(C(=O)NCC(=O)NC5CC(C)(C)N(O)C(C)(C)C5)c5c2SC(C)(C)S5)SC(C)(C)S4)SC(C)(C)S3)S1. The molecule has 3 aromatic rings. The second kappa shape index (κ2) is 18.3. The highest BCUT2D eigenvalue weighted by Gasteiger charge is 2.54. The zero-order valence-electron chi connectivity index (χ0n) is 43.5. The minimum Gasteiger partial charge on any atom is -0.478 e. The van der Waals surface area contributed by atoms with Crippen LogP contribution in [0.15, 0.2) is 58.7 Å². The first-order valence-electron chi connectivity index (χ1n) is 23.8. The number of benzene rings is 3. The van der Waals surface area contributed by atoms with E-state index in [1.54, 1.807) is 141 Å². The number of aromatic carboxylic acids is 2. The van der Waals surface area contributed by atoms with Gasteiger partial charge in [0.15, 0.2) is 0 Å². The lowest BCUT2D eigenvalue weighted by Crippen LogP contribution is -2.63. The Kier molecular flexibility index (Phi) is 14.1. The standard InChI is InChI=1S/C51H60N3O7S12/c1-44(2)17-20(18-45(3,4)54(44)61)53-21(55)19-52-41(56)26-35-29(62-46(5,6)68-35)23(30-36(26)69-47(7,8)63-30)22(24-31-37(70-48(9,10)64-31)27(42(57)58)38-32(24)65-49(11,12)71-38)25-33-39(72-50(13,14)66-33)28(43(59)60)40-34(25)67-51(15,16)73-40/h20,61H,17-19H2,1-16H3,(H,52,56)(H,53,55)(H,57,58)(H,59,60). The maximum Gasteiger partial charge on any atom is 0.338 e. The summed E-state index contributed by atoms with van der Waals surface area (Å²) in [5.74, 6) is -1.58. The monoisotopic (exact) mass is 1210 g/mol. The number of carboxylic acid groups (broad SMARTS) is 2. The number of hydrogen-bond acceptors (Lipinski definition) is 18. The van der Waals surface area contributed by atoms with Crippen molar-refractivity contribution in [3.8, 4) is 0 Å². The first kappa shape index (κ1) is 56.0. The van der Waals surface area contributed by atoms with Gasteiger partial charge in [0, 0.05) is 75.9 Å². The molecule has 0 bridgehead atoms. The van der Waals surface area contributed by atoms with Crippen LogP contribution in [0.3, 0.4) is 0 Å². The van der Waals surface area contributed by atoms with E-state index in [1.165, 1.54) is 5.06 Å². The highest BCUT2D eigenvalue weighted by Crippen LogP contribution is 2.74. The van der Waals surface area contributed by atoms with Crippen LogP contribution >= 0.6 is 141 Å². The molecule has 10 rings (SSSR count). The summed E-state index contributed by atoms with van der Waals surface area (Å²) in [6, 6.07) is -0.200. The zero-order valence-corrected chi connectivity index (χ0v) is 53.3. The molecule has 1 fully saturated rings. The molecular weight excluding hydrogens is 1150 g/mol. The Labute approximate surface area is 480 Å². The Morgan fingerprint density at radius 2 is 0.658 bits per heavy atom. The van der Waals surface area contributed by atoms with Gasteiger partial charge in [-0.3, -0.25) is 9.59 Å². The molecule has 2 amide bonds. The van der Waals surface area contributed by atoms with Gasteiger partial charge in [0.05, 0.1) is 53.6 Å². The minimum atomic E-state index is -0.955. The van der Waals surface area contributed by atoms with E-state index in [0.29, 0.717) is 29.5 Å². The first-order valence-corrected chi connectivity index (χ1v) is 33.6. The summed E-state index contributed by atoms with van der Waals surface area (Å²) in [4.78, 5) is 66.8. The minimum absolute atomic E-state index is 0.200. The van der Waals surface area contributed by atoms with Crippen LogP contribution in [0, 0.1) is 5.92 Å². The van der Waals surface area contributed by atoms with Crippen molar-refractivity contribution < 1.29 is 34.6 Å². The van der Waals surface area contributed by atoms with Crippen LogP contribution in [0.2, 0.25) is 0 Å². The fourth-order valence-corrected chi connectivity index (χ4v) is 28.5. The molecule has 73 heavy (non-hydrogen) atoms. The van der Waals surface area contributed by atoms with Crippen molar-refractivity contribution in [2.45, 2.75) is 224 Å². The molecule has 3 aromatic carbocycles. The fraction of sp³-hybridized carbons (Fsp3) is 0.549. The molecule has 5 N–H and O–H groups in total. The third-order valence-electron chi connectivity index (χ3n) is 13.0. The highest BCUT2D eigenvalue weighted by atomic mass is 32.2. The number of hydrogen-bond donors (Lipinski definition) is 5. The maximum absolute atomic E-state index is 15.2. The zero-order chi connectivity index (χ0) is 53.5. The molecule has 0 saturated carbocycles. The molecular formula is C51H60N3O7S12. The Bertz CT molecular complexity index is 2750. The average Bonchev–Trinajstić information content (AvgIpc) is 4.03. The molecule has 0 aliphatic carbocycles. The van der Waals surface area contributed by atoms with Crippen molar-refractivity contribution in [1.82, 2.24) is 15.7 Å². The average molecular weight is 1210 g/mol. The van der Waals surface area contributed by atoms with E-state index < -0.39 is 47.5 Å². The van der Waals surface area contributed by atoms with Crippen molar-refractivity contribution in [3.05, 3.63) is 39.3 Å². The Balaban J connectivity index is 1.25. The van der Waals surface area contributed by atoms with Crippen LogP contribution in [-0.2, 0) is 4.79 Å². The number of carboxylic acids is 2. The number of carbonyl (C=O) groups is 4. The quantitative estimate of drug-likeness (QED) is 0.129. The van der Waals surface area contributed by atoms with Gasteiger partial charge in [0.2, 0.25) is 5.91 Å². The predicted octanol–water partition coefficient (Wildman–Crippen LogP) is 16.0. The van der Waals surface area contributed by atoms with Crippen LogP contribution in [-0.4, -0.2) is 92.4 Å². The summed E-state index contributed by atoms with van der Waals surface area (Å²) in [6.45, 7) is 33.6. The molecule has 7 heterocycles. The number of piperidine rings is 1. The fourth-order valence-electron chi connectivity index (χ4n) is 10.8. The largest absolute Gasteiger partial charge is 0.478 e. The summed E-state index contributed by atoms with van der Waals surface area (Å²) in [5.41, 5.74) is 3.03. The summed E-state index contributed by atoms with van der Waals surface area (Å²) in [5, 5.41) is 41.0. The van der Waals surface area contributed by atoms with E-state index in [0.717, 1.165) is 81.4 Å². The topological polar surface area (TPSA) is 156 Å². The van der Waals surface area contributed by atoms with E-state index in [1.807, 2.05) is 27.7 Å². The van der Waals surface area contributed by atoms with E-state index >= 15 is 4.79 Å². The van der Waals surface area contributed by atoms with Crippen molar-refractivity contribution in [2.24, 2.45) is 0 Å². The molecule has 10 nitrogen and oxygen atoms in total. The van der Waals surface area contributed by atoms with Gasteiger partial charge in [-0.05, 0) is 140 Å². The second-order valence-corrected chi connectivity index (χ2v) is 44.2. The van der Waals surface area contributed by atoms with Crippen LogP contribution in [0.25, 0.3) is 0 Å². The number of thioether (sulfide) groups is 12. The van der Waals surface area contributed by atoms with E-state index in [-0.39, 0.29) is 24.4 Å². The smallest absolute Gasteiger partial charge is 0.338 e. The number of hydroxylamine groups is 2. The molecule has 1 radical (unpaired) electrons.